The number of nitrogens with two attached hydrogens (primary N) is 1. The van der Waals surface area contributed by atoms with Crippen molar-refractivity contribution in [2.75, 3.05) is 6.61 Å². The lowest BCUT2D eigenvalue weighted by Crippen LogP contribution is -2.41. The summed E-state index contributed by atoms with van der Waals surface area (Å²) in [6, 6.07) is 0.245. The summed E-state index contributed by atoms with van der Waals surface area (Å²) in [5.41, 5.74) is 5.10. The van der Waals surface area contributed by atoms with E-state index in [1.165, 1.54) is 0 Å². The molecule has 0 aromatic carbocycles. The van der Waals surface area contributed by atoms with E-state index in [1.807, 2.05) is 13.8 Å². The Bertz CT molecular complexity index is 261. The van der Waals surface area contributed by atoms with Crippen molar-refractivity contribution in [2.45, 2.75) is 83.8 Å². The molecule has 1 atom stereocenters. The molecule has 0 heterocycles. The summed E-state index contributed by atoms with van der Waals surface area (Å²) < 4.78 is 5.91. The molecule has 1 unspecified atom stereocenters. The van der Waals surface area contributed by atoms with Gasteiger partial charge in [-0.25, -0.2) is 0 Å². The van der Waals surface area contributed by atoms with Gasteiger partial charge in [0.05, 0.1) is 12.8 Å². The van der Waals surface area contributed by atoms with Crippen LogP contribution in [0.1, 0.15) is 61.3 Å². The number of hydrogen-bond donors (Lipinski definition) is 2. The van der Waals surface area contributed by atoms with Gasteiger partial charge in [-0.1, -0.05) is 19.2 Å². The molecule has 0 aromatic heterocycles. The molecule has 0 fully saturated rings. The van der Waals surface area contributed by atoms with Crippen molar-refractivity contribution in [2.24, 2.45) is 5.73 Å². The first-order valence-electron chi connectivity index (χ1n) is 7.45. The fourth-order valence-corrected chi connectivity index (χ4v) is 2.26. The molecular formula is C14H33B2NO2. The van der Waals surface area contributed by atoms with Gasteiger partial charge in [-0.3, -0.25) is 0 Å². The maximum absolute atomic E-state index is 9.68. The first kappa shape index (κ1) is 19.0. The summed E-state index contributed by atoms with van der Waals surface area (Å²) >= 11 is 0. The summed E-state index contributed by atoms with van der Waals surface area (Å²) in [5, 5.41) is 9.93. The summed E-state index contributed by atoms with van der Waals surface area (Å²) in [5.74, 6) is 0. The molecule has 3 nitrogen and oxygen atoms in total. The minimum absolute atomic E-state index is 0.139. The van der Waals surface area contributed by atoms with Gasteiger partial charge >= 0.3 is 0 Å². The summed E-state index contributed by atoms with van der Waals surface area (Å²) in [4.78, 5) is 0. The molecule has 0 spiro atoms. The van der Waals surface area contributed by atoms with Crippen molar-refractivity contribution < 1.29 is 9.84 Å². The molecule has 0 radical (unpaired) electrons. The van der Waals surface area contributed by atoms with Gasteiger partial charge in [0, 0.05) is 18.1 Å². The fraction of sp³-hybridized carbons (Fsp3) is 1.00. The van der Waals surface area contributed by atoms with Crippen LogP contribution < -0.4 is 5.73 Å². The molecule has 0 saturated heterocycles. The Morgan fingerprint density at radius 2 is 1.63 bits per heavy atom. The van der Waals surface area contributed by atoms with E-state index in [0.717, 1.165) is 20.8 Å². The van der Waals surface area contributed by atoms with E-state index in [4.69, 9.17) is 10.5 Å². The van der Waals surface area contributed by atoms with Crippen LogP contribution in [0.15, 0.2) is 0 Å². The van der Waals surface area contributed by atoms with Crippen LogP contribution in [0.5, 0.6) is 0 Å². The van der Waals surface area contributed by atoms with Crippen molar-refractivity contribution in [3.05, 3.63) is 0 Å². The average molecular weight is 269 g/mol. The molecule has 5 heteroatoms. The molecule has 19 heavy (non-hydrogen) atoms. The van der Waals surface area contributed by atoms with Gasteiger partial charge in [0.1, 0.15) is 7.17 Å². The Balaban J connectivity index is 4.09. The second kappa shape index (κ2) is 7.14. The first-order valence-corrected chi connectivity index (χ1v) is 7.45. The monoisotopic (exact) mass is 269 g/mol. The summed E-state index contributed by atoms with van der Waals surface area (Å²) in [6.45, 7) is 15.1. The zero-order valence-electron chi connectivity index (χ0n) is 14.0. The SMILES string of the molecule is CC(N)CC(C)(C)BBC(C)(C)OCCC(C)(C)O. The van der Waals surface area contributed by atoms with Crippen molar-refractivity contribution in [1.29, 1.82) is 0 Å². The molecule has 0 aliphatic rings. The zero-order chi connectivity index (χ0) is 15.3. The van der Waals surface area contributed by atoms with Gasteiger partial charge in [-0.2, -0.15) is 0 Å². The highest BCUT2D eigenvalue weighted by atomic mass is 16.5. The Morgan fingerprint density at radius 1 is 1.11 bits per heavy atom. The largest absolute Gasteiger partial charge is 0.390 e. The second-order valence-electron chi connectivity index (χ2n) is 8.02. The van der Waals surface area contributed by atoms with E-state index in [9.17, 15) is 5.11 Å². The predicted octanol–water partition coefficient (Wildman–Crippen LogP) is 1.62. The highest BCUT2D eigenvalue weighted by Gasteiger charge is 2.28. The maximum Gasteiger partial charge on any atom is 0.127 e. The molecular weight excluding hydrogens is 236 g/mol. The average Bonchev–Trinajstić information content (AvgIpc) is 2.10. The van der Waals surface area contributed by atoms with E-state index >= 15 is 0 Å². The molecule has 0 saturated carbocycles. The van der Waals surface area contributed by atoms with Crippen LogP contribution in [0.25, 0.3) is 0 Å². The van der Waals surface area contributed by atoms with Crippen molar-refractivity contribution in [1.82, 2.24) is 0 Å². The Labute approximate surface area is 121 Å². The Kier molecular flexibility index (Phi) is 7.15. The fourth-order valence-electron chi connectivity index (χ4n) is 2.26. The maximum atomic E-state index is 9.68. The van der Waals surface area contributed by atoms with Crippen LogP contribution in [0.3, 0.4) is 0 Å². The molecule has 0 aliphatic carbocycles. The molecule has 0 aliphatic heterocycles. The minimum Gasteiger partial charge on any atom is -0.390 e. The van der Waals surface area contributed by atoms with Crippen LogP contribution in [0.2, 0.25) is 5.31 Å². The Morgan fingerprint density at radius 3 is 2.05 bits per heavy atom. The highest BCUT2D eigenvalue weighted by Crippen LogP contribution is 2.29. The lowest BCUT2D eigenvalue weighted by atomic mass is 9.24. The molecule has 0 rings (SSSR count). The van der Waals surface area contributed by atoms with E-state index in [-0.39, 0.29) is 16.9 Å². The smallest absolute Gasteiger partial charge is 0.127 e. The van der Waals surface area contributed by atoms with Crippen LogP contribution in [-0.4, -0.2) is 43.2 Å². The lowest BCUT2D eigenvalue weighted by Gasteiger charge is -2.31. The molecule has 0 bridgehead atoms. The Hall–Kier alpha value is 0.00987. The number of rotatable bonds is 9. The van der Waals surface area contributed by atoms with Gasteiger partial charge in [-0.15, -0.1) is 0 Å². The van der Waals surface area contributed by atoms with Gasteiger partial charge in [0.15, 0.2) is 0 Å². The quantitative estimate of drug-likeness (QED) is 0.625. The van der Waals surface area contributed by atoms with E-state index in [0.29, 0.717) is 13.0 Å². The van der Waals surface area contributed by atoms with Gasteiger partial charge in [-0.05, 0) is 47.5 Å². The van der Waals surface area contributed by atoms with Gasteiger partial charge < -0.3 is 15.6 Å². The number of ether oxygens (including phenoxy) is 1. The third-order valence-corrected chi connectivity index (χ3v) is 3.49. The highest BCUT2D eigenvalue weighted by molar-refractivity contribution is 7.03. The normalized spacial score (nSPS) is 15.2. The van der Waals surface area contributed by atoms with E-state index in [2.05, 4.69) is 34.6 Å². The van der Waals surface area contributed by atoms with E-state index < -0.39 is 5.60 Å². The van der Waals surface area contributed by atoms with Gasteiger partial charge in [0.2, 0.25) is 0 Å². The molecule has 0 aromatic rings. The topological polar surface area (TPSA) is 55.5 Å². The lowest BCUT2D eigenvalue weighted by molar-refractivity contribution is -0.00672. The third-order valence-electron chi connectivity index (χ3n) is 3.49. The first-order chi connectivity index (χ1) is 8.33. The second-order valence-corrected chi connectivity index (χ2v) is 8.02. The zero-order valence-corrected chi connectivity index (χ0v) is 14.0. The predicted molar refractivity (Wildman–Crippen MR) is 87.6 cm³/mol. The molecule has 3 N–H and O–H groups in total. The third kappa shape index (κ3) is 11.5. The van der Waals surface area contributed by atoms with Crippen molar-refractivity contribution >= 4 is 14.3 Å². The van der Waals surface area contributed by atoms with Crippen LogP contribution >= 0.6 is 0 Å². The van der Waals surface area contributed by atoms with Crippen LogP contribution in [0.4, 0.5) is 0 Å². The molecule has 0 amide bonds. The van der Waals surface area contributed by atoms with Crippen molar-refractivity contribution in [3.8, 4) is 0 Å². The minimum atomic E-state index is -0.648. The van der Waals surface area contributed by atoms with Gasteiger partial charge in [0.25, 0.3) is 0 Å². The molecule has 112 valence electrons. The number of aliphatic hydroxyl groups is 1. The standard InChI is InChI=1S/C14H33B2NO2/c1-11(17)10-12(2,3)15-16-14(6,7)19-9-8-13(4,5)18/h11,15-16,18H,8-10,17H2,1-7H3. The van der Waals surface area contributed by atoms with E-state index in [1.54, 1.807) is 0 Å². The summed E-state index contributed by atoms with van der Waals surface area (Å²) in [7, 11) is 2.11. The number of hydrogen-bond acceptors (Lipinski definition) is 3. The van der Waals surface area contributed by atoms with Crippen LogP contribution in [0, 0.1) is 0 Å². The van der Waals surface area contributed by atoms with Crippen LogP contribution in [-0.2, 0) is 4.74 Å². The summed E-state index contributed by atoms with van der Waals surface area (Å²) in [6.07, 6.45) is 1.70. The van der Waals surface area contributed by atoms with Crippen molar-refractivity contribution in [3.63, 3.8) is 0 Å².